The minimum Gasteiger partial charge on any atom is -0.444 e. The molecule has 222 valence electrons. The fraction of sp³-hybridized carbons (Fsp3) is 0.515. The number of nitrogens with one attached hydrogen (secondary N) is 1. The van der Waals surface area contributed by atoms with Crippen LogP contribution in [-0.2, 0) is 15.9 Å². The lowest BCUT2D eigenvalue weighted by molar-refractivity contribution is 0.0216. The number of ether oxygens (including phenoxy) is 2. The number of hydrogen-bond donors (Lipinski definition) is 1. The Kier molecular flexibility index (Phi) is 7.02. The van der Waals surface area contributed by atoms with Crippen LogP contribution in [0.25, 0.3) is 22.2 Å². The molecular formula is C33H41N5O4. The van der Waals surface area contributed by atoms with Gasteiger partial charge in [0.1, 0.15) is 17.0 Å². The summed E-state index contributed by atoms with van der Waals surface area (Å²) in [7, 11) is 0. The molecule has 4 heterocycles. The van der Waals surface area contributed by atoms with Crippen molar-refractivity contribution in [2.75, 3.05) is 13.1 Å². The van der Waals surface area contributed by atoms with E-state index in [1.54, 1.807) is 4.90 Å². The topological polar surface area (TPSA) is 100 Å². The molecular weight excluding hydrogens is 530 g/mol. The molecule has 2 saturated heterocycles. The van der Waals surface area contributed by atoms with Gasteiger partial charge in [-0.15, -0.1) is 0 Å². The Morgan fingerprint density at radius 3 is 2.10 bits per heavy atom. The summed E-state index contributed by atoms with van der Waals surface area (Å²) in [4.78, 5) is 42.6. The van der Waals surface area contributed by atoms with Crippen LogP contribution in [0.5, 0.6) is 0 Å². The molecule has 2 fully saturated rings. The smallest absolute Gasteiger partial charge is 0.410 e. The van der Waals surface area contributed by atoms with Crippen molar-refractivity contribution < 1.29 is 19.1 Å². The Morgan fingerprint density at radius 1 is 0.833 bits per heavy atom. The molecule has 0 spiro atoms. The first-order valence-electron chi connectivity index (χ1n) is 15.0. The van der Waals surface area contributed by atoms with Crippen LogP contribution in [0, 0.1) is 0 Å². The number of hydrogen-bond acceptors (Lipinski definition) is 6. The predicted octanol–water partition coefficient (Wildman–Crippen LogP) is 7.33. The van der Waals surface area contributed by atoms with E-state index >= 15 is 0 Å². The maximum absolute atomic E-state index is 12.9. The minimum absolute atomic E-state index is 0.0219. The molecule has 2 amide bonds. The first-order valence-corrected chi connectivity index (χ1v) is 15.0. The van der Waals surface area contributed by atoms with Crippen molar-refractivity contribution in [2.45, 2.75) is 96.9 Å². The molecule has 3 aliphatic rings. The second-order valence-corrected chi connectivity index (χ2v) is 13.6. The second kappa shape index (κ2) is 10.4. The van der Waals surface area contributed by atoms with E-state index in [1.807, 2.05) is 52.5 Å². The maximum Gasteiger partial charge on any atom is 0.410 e. The van der Waals surface area contributed by atoms with E-state index in [1.165, 1.54) is 5.56 Å². The average Bonchev–Trinajstić information content (AvgIpc) is 3.69. The van der Waals surface area contributed by atoms with E-state index < -0.39 is 11.2 Å². The van der Waals surface area contributed by atoms with Gasteiger partial charge < -0.3 is 14.5 Å². The molecule has 1 N–H and O–H groups in total. The molecule has 9 nitrogen and oxygen atoms in total. The van der Waals surface area contributed by atoms with E-state index in [2.05, 4.69) is 35.3 Å². The number of aliphatic imine (C=N–C) groups is 1. The number of nitrogens with zero attached hydrogens (tertiary/aromatic N) is 4. The number of benzene rings is 2. The number of aromatic nitrogens is 2. The summed E-state index contributed by atoms with van der Waals surface area (Å²) in [5, 5.41) is 0. The quantitative estimate of drug-likeness (QED) is 0.355. The molecule has 1 aromatic heterocycles. The average molecular weight is 572 g/mol. The third-order valence-electron chi connectivity index (χ3n) is 8.01. The van der Waals surface area contributed by atoms with Gasteiger partial charge >= 0.3 is 12.2 Å². The van der Waals surface area contributed by atoms with Crippen LogP contribution in [0.15, 0.2) is 41.4 Å². The molecule has 1 unspecified atom stereocenters. The molecule has 0 radical (unpaired) electrons. The van der Waals surface area contributed by atoms with Crippen LogP contribution in [0.1, 0.15) is 84.7 Å². The minimum atomic E-state index is -0.538. The zero-order valence-electron chi connectivity index (χ0n) is 25.5. The van der Waals surface area contributed by atoms with Crippen LogP contribution < -0.4 is 0 Å². The van der Waals surface area contributed by atoms with Crippen LogP contribution >= 0.6 is 0 Å². The highest BCUT2D eigenvalue weighted by Crippen LogP contribution is 2.37. The Morgan fingerprint density at radius 2 is 1.43 bits per heavy atom. The van der Waals surface area contributed by atoms with Gasteiger partial charge in [-0.3, -0.25) is 14.8 Å². The SMILES string of the molecule is CC(C)(C)OC(=O)N1CCCC1c1nc2ccc(-c3ccc4c(c3)CC([C@@H]3CCCN3C(=O)OC(C)(C)C)=N4)cc2[nH]1. The van der Waals surface area contributed by atoms with Gasteiger partial charge in [0.25, 0.3) is 0 Å². The van der Waals surface area contributed by atoms with E-state index in [-0.39, 0.29) is 24.3 Å². The first kappa shape index (κ1) is 28.2. The first-order chi connectivity index (χ1) is 19.8. The fourth-order valence-electron chi connectivity index (χ4n) is 6.21. The summed E-state index contributed by atoms with van der Waals surface area (Å²) in [6.45, 7) is 12.7. The van der Waals surface area contributed by atoms with Crippen molar-refractivity contribution in [1.29, 1.82) is 0 Å². The molecule has 9 heteroatoms. The lowest BCUT2D eigenvalue weighted by atomic mass is 9.98. The van der Waals surface area contributed by atoms with Gasteiger partial charge in [-0.2, -0.15) is 0 Å². The molecule has 0 bridgehead atoms. The summed E-state index contributed by atoms with van der Waals surface area (Å²) < 4.78 is 11.3. The van der Waals surface area contributed by atoms with Gasteiger partial charge in [0, 0.05) is 25.2 Å². The lowest BCUT2D eigenvalue weighted by Gasteiger charge is -2.28. The number of carbonyl (C=O) groups is 2. The summed E-state index contributed by atoms with van der Waals surface area (Å²) in [6.07, 6.45) is 3.80. The monoisotopic (exact) mass is 571 g/mol. The number of carbonyl (C=O) groups excluding carboxylic acids is 2. The Labute approximate surface area is 247 Å². The van der Waals surface area contributed by atoms with E-state index in [0.29, 0.717) is 13.1 Å². The van der Waals surface area contributed by atoms with Gasteiger partial charge in [-0.1, -0.05) is 12.1 Å². The van der Waals surface area contributed by atoms with E-state index in [4.69, 9.17) is 19.5 Å². The second-order valence-electron chi connectivity index (χ2n) is 13.6. The van der Waals surface area contributed by atoms with Gasteiger partial charge in [0.15, 0.2) is 0 Å². The largest absolute Gasteiger partial charge is 0.444 e. The Hall–Kier alpha value is -3.88. The lowest BCUT2D eigenvalue weighted by Crippen LogP contribution is -2.43. The number of imidazole rings is 1. The number of aromatic amines is 1. The molecule has 3 aliphatic heterocycles. The Balaban J connectivity index is 1.19. The zero-order chi connectivity index (χ0) is 29.8. The summed E-state index contributed by atoms with van der Waals surface area (Å²) in [5.41, 5.74) is 6.12. The van der Waals surface area contributed by atoms with Crippen LogP contribution in [0.4, 0.5) is 15.3 Å². The maximum atomic E-state index is 12.9. The summed E-state index contributed by atoms with van der Waals surface area (Å²) in [6, 6.07) is 12.5. The van der Waals surface area contributed by atoms with Crippen molar-refractivity contribution in [2.24, 2.45) is 4.99 Å². The van der Waals surface area contributed by atoms with Gasteiger partial charge in [-0.25, -0.2) is 14.6 Å². The highest BCUT2D eigenvalue weighted by atomic mass is 16.6. The van der Waals surface area contributed by atoms with Crippen molar-refractivity contribution in [1.82, 2.24) is 19.8 Å². The van der Waals surface area contributed by atoms with Crippen LogP contribution in [0.2, 0.25) is 0 Å². The van der Waals surface area contributed by atoms with Crippen molar-refractivity contribution in [3.05, 3.63) is 47.8 Å². The zero-order valence-corrected chi connectivity index (χ0v) is 25.5. The third-order valence-corrected chi connectivity index (χ3v) is 8.01. The van der Waals surface area contributed by atoms with E-state index in [9.17, 15) is 9.59 Å². The van der Waals surface area contributed by atoms with Gasteiger partial charge in [0.2, 0.25) is 0 Å². The molecule has 2 atom stereocenters. The van der Waals surface area contributed by atoms with Crippen LogP contribution in [0.3, 0.4) is 0 Å². The third kappa shape index (κ3) is 5.74. The van der Waals surface area contributed by atoms with Crippen molar-refractivity contribution in [3.8, 4) is 11.1 Å². The normalized spacial score (nSPS) is 20.7. The molecule has 3 aromatic rings. The molecule has 6 rings (SSSR count). The number of likely N-dealkylation sites (tertiary alicyclic amines) is 2. The standard InChI is InChI=1S/C33H41N5O4/c1-32(2,3)41-30(39)37-15-7-9-27(37)26-19-22-17-20(11-13-23(22)34-26)21-12-14-24-25(18-21)36-29(35-24)28-10-8-16-38(28)31(40)42-33(4,5)6/h11-14,17-18,27-28H,7-10,15-16,19H2,1-6H3,(H,35,36)/t27-,28?/m0/s1. The fourth-order valence-corrected chi connectivity index (χ4v) is 6.21. The summed E-state index contributed by atoms with van der Waals surface area (Å²) in [5.74, 6) is 0.795. The number of H-pyrrole nitrogens is 1. The van der Waals surface area contributed by atoms with Crippen LogP contribution in [-0.4, -0.2) is 68.0 Å². The molecule has 0 saturated carbocycles. The van der Waals surface area contributed by atoms with Gasteiger partial charge in [0.05, 0.1) is 28.8 Å². The number of fused-ring (bicyclic) bond motifs is 2. The number of rotatable bonds is 3. The Bertz CT molecular complexity index is 1560. The van der Waals surface area contributed by atoms with Gasteiger partial charge in [-0.05, 0) is 108 Å². The number of amides is 2. The molecule has 0 aliphatic carbocycles. The van der Waals surface area contributed by atoms with Crippen molar-refractivity contribution >= 4 is 34.6 Å². The van der Waals surface area contributed by atoms with E-state index in [0.717, 1.165) is 71.5 Å². The molecule has 42 heavy (non-hydrogen) atoms. The highest BCUT2D eigenvalue weighted by molar-refractivity contribution is 6.00. The predicted molar refractivity (Wildman–Crippen MR) is 163 cm³/mol. The van der Waals surface area contributed by atoms with Crippen molar-refractivity contribution in [3.63, 3.8) is 0 Å². The summed E-state index contributed by atoms with van der Waals surface area (Å²) >= 11 is 0. The highest BCUT2D eigenvalue weighted by Gasteiger charge is 2.37. The molecule has 2 aromatic carbocycles.